The number of aryl methyl sites for hydroxylation is 1. The Morgan fingerprint density at radius 2 is 2.16 bits per heavy atom. The van der Waals surface area contributed by atoms with Gasteiger partial charge in [-0.15, -0.1) is 0 Å². The summed E-state index contributed by atoms with van der Waals surface area (Å²) in [6.07, 6.45) is 3.57. The number of methoxy groups -OCH3 is 1. The molecule has 0 atom stereocenters. The SMILES string of the molecule is COCCOc1ccc(NCc2cn[nH]c2C)cn1. The molecule has 2 aromatic rings. The number of aromatic amines is 1. The summed E-state index contributed by atoms with van der Waals surface area (Å²) in [5.74, 6) is 0.599. The van der Waals surface area contributed by atoms with Crippen molar-refractivity contribution in [2.75, 3.05) is 25.6 Å². The normalized spacial score (nSPS) is 10.4. The van der Waals surface area contributed by atoms with E-state index in [2.05, 4.69) is 20.5 Å². The first-order valence-corrected chi connectivity index (χ1v) is 6.10. The molecule has 0 aliphatic rings. The van der Waals surface area contributed by atoms with E-state index in [4.69, 9.17) is 9.47 Å². The van der Waals surface area contributed by atoms with E-state index in [0.717, 1.165) is 16.9 Å². The number of nitrogens with one attached hydrogen (secondary N) is 2. The molecular weight excluding hydrogens is 244 g/mol. The van der Waals surface area contributed by atoms with E-state index < -0.39 is 0 Å². The largest absolute Gasteiger partial charge is 0.475 e. The van der Waals surface area contributed by atoms with Crippen molar-refractivity contribution in [2.24, 2.45) is 0 Å². The third-order valence-corrected chi connectivity index (χ3v) is 2.69. The summed E-state index contributed by atoms with van der Waals surface area (Å²) >= 11 is 0. The number of ether oxygens (including phenoxy) is 2. The summed E-state index contributed by atoms with van der Waals surface area (Å²) in [6, 6.07) is 3.77. The number of hydrogen-bond donors (Lipinski definition) is 2. The first-order valence-electron chi connectivity index (χ1n) is 6.10. The van der Waals surface area contributed by atoms with Crippen molar-refractivity contribution >= 4 is 5.69 Å². The van der Waals surface area contributed by atoms with Gasteiger partial charge in [-0.25, -0.2) is 4.98 Å². The van der Waals surface area contributed by atoms with Crippen LogP contribution in [0.4, 0.5) is 5.69 Å². The highest BCUT2D eigenvalue weighted by molar-refractivity contribution is 5.42. The minimum Gasteiger partial charge on any atom is -0.475 e. The number of anilines is 1. The number of H-pyrrole nitrogens is 1. The Morgan fingerprint density at radius 1 is 1.26 bits per heavy atom. The predicted octanol–water partition coefficient (Wildman–Crippen LogP) is 1.75. The number of aromatic nitrogens is 3. The lowest BCUT2D eigenvalue weighted by Gasteiger charge is -2.07. The molecular formula is C13H18N4O2. The standard InChI is InChI=1S/C13H18N4O2/c1-10-11(8-16-17-10)7-14-12-3-4-13(15-9-12)19-6-5-18-2/h3-4,8-9,14H,5-7H2,1-2H3,(H,16,17). The Kier molecular flexibility index (Phi) is 4.74. The third-order valence-electron chi connectivity index (χ3n) is 2.69. The molecule has 0 fully saturated rings. The van der Waals surface area contributed by atoms with Crippen molar-refractivity contribution in [2.45, 2.75) is 13.5 Å². The molecule has 6 nitrogen and oxygen atoms in total. The van der Waals surface area contributed by atoms with Gasteiger partial charge in [0.2, 0.25) is 5.88 Å². The lowest BCUT2D eigenvalue weighted by atomic mass is 10.2. The molecule has 2 rings (SSSR count). The highest BCUT2D eigenvalue weighted by Crippen LogP contribution is 2.13. The first-order chi connectivity index (χ1) is 9.29. The zero-order valence-corrected chi connectivity index (χ0v) is 11.1. The van der Waals surface area contributed by atoms with Crippen LogP contribution < -0.4 is 10.1 Å². The predicted molar refractivity (Wildman–Crippen MR) is 72.3 cm³/mol. The Balaban J connectivity index is 1.83. The maximum atomic E-state index is 5.39. The second-order valence-electron chi connectivity index (χ2n) is 4.10. The van der Waals surface area contributed by atoms with Crippen molar-refractivity contribution < 1.29 is 9.47 Å². The van der Waals surface area contributed by atoms with Gasteiger partial charge in [0, 0.05) is 31.0 Å². The molecule has 0 aliphatic carbocycles. The summed E-state index contributed by atoms with van der Waals surface area (Å²) in [5.41, 5.74) is 3.15. The van der Waals surface area contributed by atoms with Crippen LogP contribution in [0.1, 0.15) is 11.3 Å². The van der Waals surface area contributed by atoms with Crippen molar-refractivity contribution in [1.82, 2.24) is 15.2 Å². The van der Waals surface area contributed by atoms with Crippen LogP contribution in [-0.2, 0) is 11.3 Å². The van der Waals surface area contributed by atoms with Gasteiger partial charge >= 0.3 is 0 Å². The zero-order valence-electron chi connectivity index (χ0n) is 11.1. The van der Waals surface area contributed by atoms with E-state index in [0.29, 0.717) is 25.6 Å². The van der Waals surface area contributed by atoms with Crippen LogP contribution in [0, 0.1) is 6.92 Å². The van der Waals surface area contributed by atoms with Crippen LogP contribution in [0.25, 0.3) is 0 Å². The lowest BCUT2D eigenvalue weighted by molar-refractivity contribution is 0.144. The first kappa shape index (κ1) is 13.4. The molecule has 0 saturated carbocycles. The van der Waals surface area contributed by atoms with Gasteiger partial charge in [0.05, 0.1) is 24.7 Å². The van der Waals surface area contributed by atoms with E-state index in [1.165, 1.54) is 0 Å². The molecule has 102 valence electrons. The van der Waals surface area contributed by atoms with Crippen LogP contribution >= 0.6 is 0 Å². The van der Waals surface area contributed by atoms with Gasteiger partial charge in [-0.2, -0.15) is 5.10 Å². The zero-order chi connectivity index (χ0) is 13.5. The van der Waals surface area contributed by atoms with Crippen molar-refractivity contribution in [1.29, 1.82) is 0 Å². The van der Waals surface area contributed by atoms with E-state index in [1.54, 1.807) is 13.3 Å². The number of nitrogens with zero attached hydrogens (tertiary/aromatic N) is 2. The summed E-state index contributed by atoms with van der Waals surface area (Å²) < 4.78 is 10.3. The van der Waals surface area contributed by atoms with E-state index >= 15 is 0 Å². The van der Waals surface area contributed by atoms with Crippen molar-refractivity contribution in [3.05, 3.63) is 35.8 Å². The van der Waals surface area contributed by atoms with Crippen LogP contribution in [0.15, 0.2) is 24.5 Å². The van der Waals surface area contributed by atoms with Gasteiger partial charge in [0.25, 0.3) is 0 Å². The molecule has 0 saturated heterocycles. The van der Waals surface area contributed by atoms with Crippen LogP contribution in [-0.4, -0.2) is 35.5 Å². The number of rotatable bonds is 7. The van der Waals surface area contributed by atoms with Crippen molar-refractivity contribution in [3.8, 4) is 5.88 Å². The molecule has 0 aromatic carbocycles. The minimum atomic E-state index is 0.504. The lowest BCUT2D eigenvalue weighted by Crippen LogP contribution is -2.05. The van der Waals surface area contributed by atoms with Gasteiger partial charge in [-0.05, 0) is 13.0 Å². The van der Waals surface area contributed by atoms with Crippen LogP contribution in [0.2, 0.25) is 0 Å². The molecule has 6 heteroatoms. The van der Waals surface area contributed by atoms with Gasteiger partial charge in [0.15, 0.2) is 0 Å². The second-order valence-corrected chi connectivity index (χ2v) is 4.10. The Hall–Kier alpha value is -2.08. The minimum absolute atomic E-state index is 0.504. The molecule has 0 radical (unpaired) electrons. The topological polar surface area (TPSA) is 72.1 Å². The summed E-state index contributed by atoms with van der Waals surface area (Å²) in [7, 11) is 1.64. The highest BCUT2D eigenvalue weighted by Gasteiger charge is 2.01. The van der Waals surface area contributed by atoms with Gasteiger partial charge < -0.3 is 14.8 Å². The summed E-state index contributed by atoms with van der Waals surface area (Å²) in [4.78, 5) is 4.21. The Bertz CT molecular complexity index is 496. The maximum absolute atomic E-state index is 5.39. The average molecular weight is 262 g/mol. The molecule has 2 N–H and O–H groups in total. The van der Waals surface area contributed by atoms with Gasteiger partial charge in [0.1, 0.15) is 6.61 Å². The molecule has 0 unspecified atom stereocenters. The molecule has 2 aromatic heterocycles. The van der Waals surface area contributed by atoms with Gasteiger partial charge in [-0.1, -0.05) is 0 Å². The molecule has 19 heavy (non-hydrogen) atoms. The number of pyridine rings is 1. The second kappa shape index (κ2) is 6.75. The fraction of sp³-hybridized carbons (Fsp3) is 0.385. The van der Waals surface area contributed by atoms with Crippen LogP contribution in [0.5, 0.6) is 5.88 Å². The quantitative estimate of drug-likeness (QED) is 0.744. The van der Waals surface area contributed by atoms with E-state index in [-0.39, 0.29) is 0 Å². The maximum Gasteiger partial charge on any atom is 0.213 e. The monoisotopic (exact) mass is 262 g/mol. The van der Waals surface area contributed by atoms with E-state index in [1.807, 2.05) is 25.3 Å². The van der Waals surface area contributed by atoms with Crippen molar-refractivity contribution in [3.63, 3.8) is 0 Å². The summed E-state index contributed by atoms with van der Waals surface area (Å²) in [6.45, 7) is 3.77. The molecule has 2 heterocycles. The van der Waals surface area contributed by atoms with E-state index in [9.17, 15) is 0 Å². The fourth-order valence-electron chi connectivity index (χ4n) is 1.55. The summed E-state index contributed by atoms with van der Waals surface area (Å²) in [5, 5.41) is 10.2. The highest BCUT2D eigenvalue weighted by atomic mass is 16.5. The number of hydrogen-bond acceptors (Lipinski definition) is 5. The average Bonchev–Trinajstić information content (AvgIpc) is 2.84. The Morgan fingerprint density at radius 3 is 2.79 bits per heavy atom. The van der Waals surface area contributed by atoms with Crippen LogP contribution in [0.3, 0.4) is 0 Å². The smallest absolute Gasteiger partial charge is 0.213 e. The Labute approximate surface area is 112 Å². The molecule has 0 aliphatic heterocycles. The molecule has 0 amide bonds. The fourth-order valence-corrected chi connectivity index (χ4v) is 1.55. The molecule has 0 bridgehead atoms. The van der Waals surface area contributed by atoms with Gasteiger partial charge in [-0.3, -0.25) is 5.10 Å². The molecule has 0 spiro atoms. The third kappa shape index (κ3) is 3.96.